The van der Waals surface area contributed by atoms with Gasteiger partial charge in [0.05, 0.1) is 13.2 Å². The lowest BCUT2D eigenvalue weighted by Gasteiger charge is -2.18. The zero-order valence-corrected chi connectivity index (χ0v) is 12.8. The van der Waals surface area contributed by atoms with Crippen LogP contribution >= 0.6 is 0 Å². The average Bonchev–Trinajstić information content (AvgIpc) is 2.45. The van der Waals surface area contributed by atoms with Crippen molar-refractivity contribution in [1.29, 1.82) is 0 Å². The number of anilines is 2. The summed E-state index contributed by atoms with van der Waals surface area (Å²) in [5.41, 5.74) is 0. The van der Waals surface area contributed by atoms with Crippen LogP contribution in [-0.2, 0) is 4.74 Å². The molecule has 20 heavy (non-hydrogen) atoms. The maximum Gasteiger partial charge on any atom is 0.323 e. The standard InChI is InChI=1S/C13H25N5O2/c1-5-9-20-13-16-11(14-6-2)15-12(17-13)18(4)8-10-19-7-3/h5-10H2,1-4H3,(H,14,15,16,17). The van der Waals surface area contributed by atoms with Crippen LogP contribution in [-0.4, -0.2) is 54.9 Å². The molecule has 1 aromatic heterocycles. The van der Waals surface area contributed by atoms with Gasteiger partial charge in [-0.3, -0.25) is 0 Å². The van der Waals surface area contributed by atoms with Crippen LogP contribution in [0.15, 0.2) is 0 Å². The van der Waals surface area contributed by atoms with Crippen molar-refractivity contribution in [3.05, 3.63) is 0 Å². The Kier molecular flexibility index (Phi) is 7.64. The molecule has 0 atom stereocenters. The predicted molar refractivity (Wildman–Crippen MR) is 79.5 cm³/mol. The van der Waals surface area contributed by atoms with Crippen LogP contribution in [0.4, 0.5) is 11.9 Å². The fourth-order valence-corrected chi connectivity index (χ4v) is 1.46. The molecule has 7 nitrogen and oxygen atoms in total. The van der Waals surface area contributed by atoms with E-state index in [1.807, 2.05) is 32.7 Å². The van der Waals surface area contributed by atoms with Crippen LogP contribution in [0, 0.1) is 0 Å². The van der Waals surface area contributed by atoms with Gasteiger partial charge in [-0.2, -0.15) is 15.0 Å². The average molecular weight is 283 g/mol. The number of hydrogen-bond acceptors (Lipinski definition) is 7. The minimum atomic E-state index is 0.357. The molecule has 0 radical (unpaired) electrons. The first-order chi connectivity index (χ1) is 9.71. The highest BCUT2D eigenvalue weighted by molar-refractivity contribution is 5.37. The summed E-state index contributed by atoms with van der Waals surface area (Å²) in [6, 6.07) is 0.357. The van der Waals surface area contributed by atoms with Crippen LogP contribution in [0.5, 0.6) is 6.01 Å². The molecule has 1 N–H and O–H groups in total. The molecule has 0 fully saturated rings. The molecule has 0 bridgehead atoms. The lowest BCUT2D eigenvalue weighted by Crippen LogP contribution is -2.25. The molecule has 1 aromatic rings. The SMILES string of the molecule is CCCOc1nc(NCC)nc(N(C)CCOCC)n1. The van der Waals surface area contributed by atoms with Gasteiger partial charge in [0.2, 0.25) is 11.9 Å². The smallest absolute Gasteiger partial charge is 0.323 e. The van der Waals surface area contributed by atoms with Gasteiger partial charge in [-0.25, -0.2) is 0 Å². The van der Waals surface area contributed by atoms with Crippen molar-refractivity contribution in [3.8, 4) is 6.01 Å². The first-order valence-corrected chi connectivity index (χ1v) is 7.12. The normalized spacial score (nSPS) is 10.4. The van der Waals surface area contributed by atoms with Gasteiger partial charge in [-0.05, 0) is 20.3 Å². The molecule has 114 valence electrons. The van der Waals surface area contributed by atoms with Crippen LogP contribution < -0.4 is 15.0 Å². The first kappa shape index (κ1) is 16.4. The Morgan fingerprint density at radius 2 is 1.90 bits per heavy atom. The van der Waals surface area contributed by atoms with Crippen LogP contribution in [0.2, 0.25) is 0 Å². The van der Waals surface area contributed by atoms with Gasteiger partial charge in [0, 0.05) is 26.7 Å². The second kappa shape index (κ2) is 9.30. The van der Waals surface area contributed by atoms with Crippen molar-refractivity contribution < 1.29 is 9.47 Å². The van der Waals surface area contributed by atoms with Crippen LogP contribution in [0.1, 0.15) is 27.2 Å². The van der Waals surface area contributed by atoms with E-state index < -0.39 is 0 Å². The van der Waals surface area contributed by atoms with E-state index in [1.165, 1.54) is 0 Å². The topological polar surface area (TPSA) is 72.4 Å². The number of hydrogen-bond donors (Lipinski definition) is 1. The second-order valence-corrected chi connectivity index (χ2v) is 4.24. The molecule has 0 amide bonds. The molecule has 0 aliphatic rings. The van der Waals surface area contributed by atoms with Gasteiger partial charge in [-0.1, -0.05) is 6.92 Å². The summed E-state index contributed by atoms with van der Waals surface area (Å²) in [4.78, 5) is 14.8. The Labute approximate surface area is 120 Å². The third kappa shape index (κ3) is 5.56. The number of ether oxygens (including phenoxy) is 2. The van der Waals surface area contributed by atoms with E-state index in [4.69, 9.17) is 9.47 Å². The zero-order valence-electron chi connectivity index (χ0n) is 12.8. The van der Waals surface area contributed by atoms with Crippen molar-refractivity contribution in [2.24, 2.45) is 0 Å². The Bertz CT molecular complexity index is 389. The highest BCUT2D eigenvalue weighted by atomic mass is 16.5. The molecule has 0 saturated heterocycles. The van der Waals surface area contributed by atoms with Gasteiger partial charge >= 0.3 is 6.01 Å². The number of aromatic nitrogens is 3. The second-order valence-electron chi connectivity index (χ2n) is 4.24. The largest absolute Gasteiger partial charge is 0.463 e. The summed E-state index contributed by atoms with van der Waals surface area (Å²) < 4.78 is 10.8. The van der Waals surface area contributed by atoms with Crippen molar-refractivity contribution in [2.75, 3.05) is 50.2 Å². The molecular weight excluding hydrogens is 258 g/mol. The van der Waals surface area contributed by atoms with Crippen LogP contribution in [0.25, 0.3) is 0 Å². The van der Waals surface area contributed by atoms with Gasteiger partial charge in [-0.15, -0.1) is 0 Å². The molecule has 0 spiro atoms. The third-order valence-corrected chi connectivity index (χ3v) is 2.49. The quantitative estimate of drug-likeness (QED) is 0.653. The maximum absolute atomic E-state index is 5.50. The molecule has 0 aliphatic carbocycles. The molecule has 1 rings (SSSR count). The number of rotatable bonds is 10. The molecule has 0 unspecified atom stereocenters. The van der Waals surface area contributed by atoms with E-state index in [0.29, 0.717) is 37.7 Å². The molecule has 0 aliphatic heterocycles. The summed E-state index contributed by atoms with van der Waals surface area (Å²) in [6.45, 7) is 9.42. The van der Waals surface area contributed by atoms with E-state index in [-0.39, 0.29) is 0 Å². The third-order valence-electron chi connectivity index (χ3n) is 2.49. The minimum Gasteiger partial charge on any atom is -0.463 e. The van der Waals surface area contributed by atoms with E-state index in [9.17, 15) is 0 Å². The monoisotopic (exact) mass is 283 g/mol. The maximum atomic E-state index is 5.50. The molecule has 0 saturated carbocycles. The molecule has 0 aromatic carbocycles. The zero-order chi connectivity index (χ0) is 14.8. The van der Waals surface area contributed by atoms with E-state index in [2.05, 4.69) is 20.3 Å². The van der Waals surface area contributed by atoms with E-state index in [0.717, 1.165) is 19.5 Å². The predicted octanol–water partition coefficient (Wildman–Crippen LogP) is 1.56. The van der Waals surface area contributed by atoms with Crippen molar-refractivity contribution >= 4 is 11.9 Å². The lowest BCUT2D eigenvalue weighted by atomic mass is 10.5. The summed E-state index contributed by atoms with van der Waals surface area (Å²) in [5, 5.41) is 3.09. The lowest BCUT2D eigenvalue weighted by molar-refractivity contribution is 0.154. The van der Waals surface area contributed by atoms with Gasteiger partial charge in [0.1, 0.15) is 0 Å². The minimum absolute atomic E-state index is 0.357. The van der Waals surface area contributed by atoms with Crippen molar-refractivity contribution in [3.63, 3.8) is 0 Å². The summed E-state index contributed by atoms with van der Waals surface area (Å²) in [7, 11) is 1.92. The van der Waals surface area contributed by atoms with E-state index in [1.54, 1.807) is 0 Å². The van der Waals surface area contributed by atoms with Gasteiger partial charge in [0.25, 0.3) is 0 Å². The summed E-state index contributed by atoms with van der Waals surface area (Å²) >= 11 is 0. The van der Waals surface area contributed by atoms with Gasteiger partial charge in [0.15, 0.2) is 0 Å². The first-order valence-electron chi connectivity index (χ1n) is 7.12. The van der Waals surface area contributed by atoms with Crippen LogP contribution in [0.3, 0.4) is 0 Å². The molecule has 1 heterocycles. The van der Waals surface area contributed by atoms with Crippen molar-refractivity contribution in [1.82, 2.24) is 15.0 Å². The highest BCUT2D eigenvalue weighted by Gasteiger charge is 2.10. The highest BCUT2D eigenvalue weighted by Crippen LogP contribution is 2.14. The number of nitrogens with one attached hydrogen (secondary N) is 1. The Morgan fingerprint density at radius 1 is 1.10 bits per heavy atom. The van der Waals surface area contributed by atoms with Gasteiger partial charge < -0.3 is 19.7 Å². The summed E-state index contributed by atoms with van der Waals surface area (Å²) in [5.74, 6) is 1.12. The van der Waals surface area contributed by atoms with Crippen molar-refractivity contribution in [2.45, 2.75) is 27.2 Å². The Morgan fingerprint density at radius 3 is 2.55 bits per heavy atom. The summed E-state index contributed by atoms with van der Waals surface area (Å²) in [6.07, 6.45) is 0.914. The number of nitrogens with zero attached hydrogens (tertiary/aromatic N) is 4. The fraction of sp³-hybridized carbons (Fsp3) is 0.769. The fourth-order valence-electron chi connectivity index (χ4n) is 1.46. The van der Waals surface area contributed by atoms with E-state index >= 15 is 0 Å². The molecular formula is C13H25N5O2. The number of likely N-dealkylation sites (N-methyl/N-ethyl adjacent to an activating group) is 1. The molecule has 7 heteroatoms. The Balaban J connectivity index is 2.78. The Hall–Kier alpha value is -1.63.